The van der Waals surface area contributed by atoms with E-state index in [2.05, 4.69) is 0 Å². The topological polar surface area (TPSA) is 53.7 Å². The Hall–Kier alpha value is -2.67. The second-order valence-electron chi connectivity index (χ2n) is 6.66. The summed E-state index contributed by atoms with van der Waals surface area (Å²) in [6, 6.07) is 6.38. The first-order valence-electron chi connectivity index (χ1n) is 8.61. The van der Waals surface area contributed by atoms with Crippen molar-refractivity contribution in [1.82, 2.24) is 0 Å². The minimum atomic E-state index is -1.20. The van der Waals surface area contributed by atoms with Gasteiger partial charge in [0.1, 0.15) is 18.2 Å². The second-order valence-corrected chi connectivity index (χ2v) is 6.66. The number of hydrogen-bond donors (Lipinski definition) is 1. The van der Waals surface area contributed by atoms with Crippen LogP contribution in [0.5, 0.6) is 17.2 Å². The van der Waals surface area contributed by atoms with Crippen LogP contribution >= 0.6 is 0 Å². The molecule has 0 amide bonds. The Kier molecular flexibility index (Phi) is 4.70. The van der Waals surface area contributed by atoms with E-state index in [4.69, 9.17) is 19.9 Å². The molecule has 2 N–H and O–H groups in total. The number of rotatable bonds is 4. The average Bonchev–Trinajstić information content (AvgIpc) is 3.11. The van der Waals surface area contributed by atoms with E-state index in [9.17, 15) is 13.2 Å². The molecular weight excluding hydrogens is 359 g/mol. The van der Waals surface area contributed by atoms with Crippen molar-refractivity contribution in [2.45, 2.75) is 24.8 Å². The molecule has 0 saturated heterocycles. The zero-order chi connectivity index (χ0) is 19.0. The van der Waals surface area contributed by atoms with Gasteiger partial charge in [-0.1, -0.05) is 6.08 Å². The molecule has 0 unspecified atom stereocenters. The molecular formula is C20H18F3NO3. The summed E-state index contributed by atoms with van der Waals surface area (Å²) in [5.41, 5.74) is 7.26. The molecule has 4 nitrogen and oxygen atoms in total. The first-order chi connectivity index (χ1) is 13.0. The third-order valence-corrected chi connectivity index (χ3v) is 4.88. The predicted molar refractivity (Wildman–Crippen MR) is 92.4 cm³/mol. The lowest BCUT2D eigenvalue weighted by atomic mass is 9.81. The Bertz CT molecular complexity index is 900. The minimum absolute atomic E-state index is 0.105. The van der Waals surface area contributed by atoms with Crippen LogP contribution in [-0.4, -0.2) is 19.4 Å². The van der Waals surface area contributed by atoms with Gasteiger partial charge in [0, 0.05) is 24.1 Å². The summed E-state index contributed by atoms with van der Waals surface area (Å²) in [4.78, 5) is 0. The summed E-state index contributed by atoms with van der Waals surface area (Å²) in [5, 5.41) is 0. The van der Waals surface area contributed by atoms with Crippen molar-refractivity contribution >= 4 is 0 Å². The summed E-state index contributed by atoms with van der Waals surface area (Å²) in [6.45, 7) is 0.529. The fourth-order valence-electron chi connectivity index (χ4n) is 3.44. The van der Waals surface area contributed by atoms with Gasteiger partial charge in [-0.3, -0.25) is 0 Å². The highest BCUT2D eigenvalue weighted by Crippen LogP contribution is 2.36. The molecule has 2 aliphatic rings. The Balaban J connectivity index is 1.43. The molecule has 142 valence electrons. The molecule has 0 bridgehead atoms. The van der Waals surface area contributed by atoms with Crippen molar-refractivity contribution in [2.24, 2.45) is 5.73 Å². The Morgan fingerprint density at radius 2 is 1.78 bits per heavy atom. The lowest BCUT2D eigenvalue weighted by molar-refractivity contribution is 0.174. The van der Waals surface area contributed by atoms with Crippen LogP contribution in [0.3, 0.4) is 0 Å². The third kappa shape index (κ3) is 3.60. The largest absolute Gasteiger partial charge is 0.489 e. The molecule has 2 atom stereocenters. The zero-order valence-electron chi connectivity index (χ0n) is 14.4. The van der Waals surface area contributed by atoms with E-state index in [0.29, 0.717) is 42.8 Å². The normalized spacial score (nSPS) is 21.1. The maximum absolute atomic E-state index is 14.0. The number of fused-ring (bicyclic) bond motifs is 1. The van der Waals surface area contributed by atoms with Gasteiger partial charge in [-0.15, -0.1) is 0 Å². The Morgan fingerprint density at radius 3 is 2.59 bits per heavy atom. The number of nitrogens with two attached hydrogens (primary N) is 1. The van der Waals surface area contributed by atoms with E-state index in [1.807, 2.05) is 6.08 Å². The SMILES string of the molecule is N[C@H]1CC(COc2ccc3c(c2)OCO3)=CC[C@@H]1c1cc(F)c(F)cc1F. The maximum atomic E-state index is 14.0. The van der Waals surface area contributed by atoms with E-state index in [1.165, 1.54) is 0 Å². The molecule has 1 heterocycles. The molecule has 1 aliphatic carbocycles. The molecule has 4 rings (SSSR count). The van der Waals surface area contributed by atoms with Gasteiger partial charge in [-0.25, -0.2) is 13.2 Å². The lowest BCUT2D eigenvalue weighted by Gasteiger charge is -2.29. The summed E-state index contributed by atoms with van der Waals surface area (Å²) < 4.78 is 57.0. The fraction of sp³-hybridized carbons (Fsp3) is 0.300. The van der Waals surface area contributed by atoms with Crippen LogP contribution in [0, 0.1) is 17.5 Å². The van der Waals surface area contributed by atoms with Crippen LogP contribution < -0.4 is 19.9 Å². The molecule has 0 spiro atoms. The van der Waals surface area contributed by atoms with Crippen LogP contribution in [0.2, 0.25) is 0 Å². The van der Waals surface area contributed by atoms with Gasteiger partial charge in [-0.05, 0) is 42.2 Å². The highest BCUT2D eigenvalue weighted by Gasteiger charge is 2.28. The van der Waals surface area contributed by atoms with Crippen molar-refractivity contribution in [3.63, 3.8) is 0 Å². The second kappa shape index (κ2) is 7.15. The number of halogens is 3. The first-order valence-corrected chi connectivity index (χ1v) is 8.61. The fourth-order valence-corrected chi connectivity index (χ4v) is 3.44. The van der Waals surface area contributed by atoms with Gasteiger partial charge in [0.05, 0.1) is 0 Å². The summed E-state index contributed by atoms with van der Waals surface area (Å²) in [5.74, 6) is -1.50. The quantitative estimate of drug-likeness (QED) is 0.645. The van der Waals surface area contributed by atoms with Gasteiger partial charge >= 0.3 is 0 Å². The Labute approximate surface area is 154 Å². The maximum Gasteiger partial charge on any atom is 0.231 e. The van der Waals surface area contributed by atoms with Crippen molar-refractivity contribution in [1.29, 1.82) is 0 Å². The van der Waals surface area contributed by atoms with Gasteiger partial charge in [0.15, 0.2) is 23.1 Å². The zero-order valence-corrected chi connectivity index (χ0v) is 14.4. The first kappa shape index (κ1) is 17.7. The van der Waals surface area contributed by atoms with Crippen molar-refractivity contribution < 1.29 is 27.4 Å². The molecule has 0 aromatic heterocycles. The molecule has 27 heavy (non-hydrogen) atoms. The Morgan fingerprint density at radius 1 is 1.00 bits per heavy atom. The van der Waals surface area contributed by atoms with Crippen LogP contribution in [0.1, 0.15) is 24.3 Å². The van der Waals surface area contributed by atoms with Gasteiger partial charge < -0.3 is 19.9 Å². The van der Waals surface area contributed by atoms with E-state index in [-0.39, 0.29) is 12.4 Å². The molecule has 2 aromatic carbocycles. The predicted octanol–water partition coefficient (Wildman–Crippen LogP) is 4.04. The summed E-state index contributed by atoms with van der Waals surface area (Å²) in [7, 11) is 0. The standard InChI is InChI=1S/C20H18F3NO3/c21-15-8-17(23)16(22)7-14(15)13-3-1-11(5-18(13)24)9-25-12-2-4-19-20(6-12)27-10-26-19/h1-2,4,6-8,13,18H,3,5,9-10,24H2/t13-,18+/m1/s1. The number of ether oxygens (including phenoxy) is 3. The average molecular weight is 377 g/mol. The molecule has 0 fully saturated rings. The van der Waals surface area contributed by atoms with Gasteiger partial charge in [0.2, 0.25) is 6.79 Å². The smallest absolute Gasteiger partial charge is 0.231 e. The lowest BCUT2D eigenvalue weighted by Crippen LogP contribution is -2.33. The highest BCUT2D eigenvalue weighted by atomic mass is 19.2. The van der Waals surface area contributed by atoms with Crippen LogP contribution in [-0.2, 0) is 0 Å². The molecule has 0 radical (unpaired) electrons. The van der Waals surface area contributed by atoms with Crippen molar-refractivity contribution in [3.8, 4) is 17.2 Å². The molecule has 0 saturated carbocycles. The molecule has 1 aliphatic heterocycles. The summed E-state index contributed by atoms with van der Waals surface area (Å²) in [6.07, 6.45) is 2.83. The third-order valence-electron chi connectivity index (χ3n) is 4.88. The number of allylic oxidation sites excluding steroid dienone is 1. The molecule has 7 heteroatoms. The number of hydrogen-bond acceptors (Lipinski definition) is 4. The van der Waals surface area contributed by atoms with E-state index in [0.717, 1.165) is 11.6 Å². The summed E-state index contributed by atoms with van der Waals surface area (Å²) >= 11 is 0. The minimum Gasteiger partial charge on any atom is -0.489 e. The van der Waals surface area contributed by atoms with E-state index in [1.54, 1.807) is 18.2 Å². The van der Waals surface area contributed by atoms with Crippen LogP contribution in [0.4, 0.5) is 13.2 Å². The van der Waals surface area contributed by atoms with E-state index < -0.39 is 29.4 Å². The highest BCUT2D eigenvalue weighted by molar-refractivity contribution is 5.47. The van der Waals surface area contributed by atoms with Crippen LogP contribution in [0.15, 0.2) is 42.0 Å². The van der Waals surface area contributed by atoms with Crippen LogP contribution in [0.25, 0.3) is 0 Å². The van der Waals surface area contributed by atoms with Crippen molar-refractivity contribution in [2.75, 3.05) is 13.4 Å². The monoisotopic (exact) mass is 377 g/mol. The van der Waals surface area contributed by atoms with Crippen molar-refractivity contribution in [3.05, 3.63) is 65.0 Å². The van der Waals surface area contributed by atoms with E-state index >= 15 is 0 Å². The van der Waals surface area contributed by atoms with Gasteiger partial charge in [0.25, 0.3) is 0 Å². The molecule has 2 aromatic rings. The van der Waals surface area contributed by atoms with Gasteiger partial charge in [-0.2, -0.15) is 0 Å². The number of benzene rings is 2.